The maximum absolute atomic E-state index is 12.9. The molecule has 0 bridgehead atoms. The van der Waals surface area contributed by atoms with Crippen LogP contribution < -0.4 is 4.74 Å². The van der Waals surface area contributed by atoms with Crippen molar-refractivity contribution in [2.24, 2.45) is 0 Å². The molecule has 0 spiro atoms. The fourth-order valence-electron chi connectivity index (χ4n) is 3.59. The van der Waals surface area contributed by atoms with Crippen molar-refractivity contribution in [1.82, 2.24) is 19.5 Å². The van der Waals surface area contributed by atoms with Crippen molar-refractivity contribution in [3.05, 3.63) is 60.3 Å². The molecule has 0 N–H and O–H groups in total. The lowest BCUT2D eigenvalue weighted by Crippen LogP contribution is -2.28. The largest absolute Gasteiger partial charge is 0.476 e. The highest BCUT2D eigenvalue weighted by Gasteiger charge is 2.30. The summed E-state index contributed by atoms with van der Waals surface area (Å²) in [4.78, 5) is 6.95. The van der Waals surface area contributed by atoms with E-state index in [2.05, 4.69) is 23.8 Å². The van der Waals surface area contributed by atoms with Gasteiger partial charge in [-0.05, 0) is 42.9 Å². The number of fused-ring (bicyclic) bond motifs is 3. The van der Waals surface area contributed by atoms with Crippen LogP contribution in [-0.4, -0.2) is 45.7 Å². The highest BCUT2D eigenvalue weighted by Crippen LogP contribution is 2.33. The molecule has 0 fully saturated rings. The molecule has 170 valence electrons. The van der Waals surface area contributed by atoms with Gasteiger partial charge in [0, 0.05) is 12.1 Å². The van der Waals surface area contributed by atoms with Crippen LogP contribution in [0.4, 0.5) is 13.2 Å². The van der Waals surface area contributed by atoms with Crippen molar-refractivity contribution in [3.63, 3.8) is 0 Å². The van der Waals surface area contributed by atoms with Crippen LogP contribution in [0.1, 0.15) is 19.4 Å². The van der Waals surface area contributed by atoms with Crippen LogP contribution in [0.15, 0.2) is 54.7 Å². The minimum Gasteiger partial charge on any atom is -0.476 e. The zero-order valence-corrected chi connectivity index (χ0v) is 18.6. The summed E-state index contributed by atoms with van der Waals surface area (Å²) >= 11 is 0. The molecule has 0 saturated carbocycles. The molecule has 0 aliphatic carbocycles. The van der Waals surface area contributed by atoms with Gasteiger partial charge in [-0.15, -0.1) is 12.4 Å². The van der Waals surface area contributed by atoms with Crippen LogP contribution in [0.2, 0.25) is 0 Å². The van der Waals surface area contributed by atoms with E-state index in [0.29, 0.717) is 29.3 Å². The summed E-state index contributed by atoms with van der Waals surface area (Å²) in [5.74, 6) is 0.490. The van der Waals surface area contributed by atoms with Crippen molar-refractivity contribution in [2.45, 2.75) is 20.0 Å². The van der Waals surface area contributed by atoms with Gasteiger partial charge < -0.3 is 9.64 Å². The third kappa shape index (κ3) is 4.66. The number of likely N-dealkylation sites (N-methyl/N-ethyl adjacent to an activating group) is 1. The van der Waals surface area contributed by atoms with E-state index in [1.165, 1.54) is 12.1 Å². The van der Waals surface area contributed by atoms with E-state index in [4.69, 9.17) is 9.72 Å². The first-order valence-electron chi connectivity index (χ1n) is 10.2. The van der Waals surface area contributed by atoms with E-state index in [9.17, 15) is 13.2 Å². The maximum Gasteiger partial charge on any atom is 0.416 e. The lowest BCUT2D eigenvalue weighted by Gasteiger charge is -2.18. The van der Waals surface area contributed by atoms with Gasteiger partial charge in [0.15, 0.2) is 5.65 Å². The molecule has 2 aromatic carbocycles. The van der Waals surface area contributed by atoms with Crippen molar-refractivity contribution in [3.8, 4) is 17.0 Å². The molecule has 5 nitrogen and oxygen atoms in total. The Balaban J connectivity index is 0.00000289. The number of alkyl halides is 3. The van der Waals surface area contributed by atoms with Gasteiger partial charge in [0.2, 0.25) is 5.88 Å². The van der Waals surface area contributed by atoms with Gasteiger partial charge in [-0.2, -0.15) is 23.3 Å². The SMILES string of the molecule is CCN(CC)CCOc1nc2c(-c3ccc(C(F)(F)F)cc3)cnn2c2ccccc12.Cl. The highest BCUT2D eigenvalue weighted by molar-refractivity contribution is 5.89. The molecule has 0 saturated heterocycles. The molecule has 0 aliphatic heterocycles. The summed E-state index contributed by atoms with van der Waals surface area (Å²) in [6.07, 6.45) is -2.75. The quantitative estimate of drug-likeness (QED) is 0.351. The Kier molecular flexibility index (Phi) is 7.26. The van der Waals surface area contributed by atoms with E-state index in [1.54, 1.807) is 10.7 Å². The smallest absolute Gasteiger partial charge is 0.416 e. The Morgan fingerprint density at radius 1 is 1.00 bits per heavy atom. The second kappa shape index (κ2) is 9.75. The number of aromatic nitrogens is 3. The Bertz CT molecular complexity index is 1190. The predicted molar refractivity (Wildman–Crippen MR) is 121 cm³/mol. The maximum atomic E-state index is 12.9. The summed E-state index contributed by atoms with van der Waals surface area (Å²) < 4.78 is 46.5. The number of hydrogen-bond donors (Lipinski definition) is 0. The highest BCUT2D eigenvalue weighted by atomic mass is 35.5. The predicted octanol–water partition coefficient (Wildman–Crippen LogP) is 5.71. The van der Waals surface area contributed by atoms with E-state index in [1.807, 2.05) is 24.3 Å². The van der Waals surface area contributed by atoms with Gasteiger partial charge in [-0.3, -0.25) is 0 Å². The average molecular weight is 465 g/mol. The van der Waals surface area contributed by atoms with Crippen LogP contribution in [0.25, 0.3) is 27.7 Å². The Labute approximate surface area is 190 Å². The molecule has 2 aromatic heterocycles. The first-order chi connectivity index (χ1) is 14.9. The Hall–Kier alpha value is -2.84. The number of hydrogen-bond acceptors (Lipinski definition) is 4. The summed E-state index contributed by atoms with van der Waals surface area (Å²) in [5, 5.41) is 5.27. The molecule has 9 heteroatoms. The minimum atomic E-state index is -4.38. The summed E-state index contributed by atoms with van der Waals surface area (Å²) in [6, 6.07) is 12.7. The standard InChI is InChI=1S/C23H23F3N4O.ClH/c1-3-29(4-2)13-14-31-22-18-7-5-6-8-20(18)30-21(28-22)19(15-27-30)16-9-11-17(12-10-16)23(24,25)26;/h5-12,15H,3-4,13-14H2,1-2H3;1H. The molecular formula is C23H24ClF3N4O. The van der Waals surface area contributed by atoms with Crippen LogP contribution in [0.5, 0.6) is 5.88 Å². The summed E-state index contributed by atoms with van der Waals surface area (Å²) in [6.45, 7) is 7.34. The van der Waals surface area contributed by atoms with E-state index in [-0.39, 0.29) is 12.4 Å². The van der Waals surface area contributed by atoms with Crippen LogP contribution in [0.3, 0.4) is 0 Å². The molecule has 0 radical (unpaired) electrons. The molecule has 2 heterocycles. The third-order valence-electron chi connectivity index (χ3n) is 5.38. The first-order valence-corrected chi connectivity index (χ1v) is 10.2. The fraction of sp³-hybridized carbons (Fsp3) is 0.304. The van der Waals surface area contributed by atoms with Gasteiger partial charge >= 0.3 is 6.18 Å². The molecule has 0 unspecified atom stereocenters. The van der Waals surface area contributed by atoms with Crippen molar-refractivity contribution in [2.75, 3.05) is 26.2 Å². The number of benzene rings is 2. The van der Waals surface area contributed by atoms with Gasteiger partial charge in [-0.1, -0.05) is 38.1 Å². The summed E-state index contributed by atoms with van der Waals surface area (Å²) in [7, 11) is 0. The van der Waals surface area contributed by atoms with Gasteiger partial charge in [0.1, 0.15) is 6.61 Å². The molecule has 0 aliphatic rings. The first kappa shape index (κ1) is 23.8. The molecule has 4 aromatic rings. The van der Waals surface area contributed by atoms with Crippen LogP contribution >= 0.6 is 12.4 Å². The van der Waals surface area contributed by atoms with Gasteiger partial charge in [0.25, 0.3) is 0 Å². The second-order valence-electron chi connectivity index (χ2n) is 7.18. The zero-order chi connectivity index (χ0) is 22.0. The van der Waals surface area contributed by atoms with Crippen molar-refractivity contribution in [1.29, 1.82) is 0 Å². The van der Waals surface area contributed by atoms with Crippen molar-refractivity contribution < 1.29 is 17.9 Å². The lowest BCUT2D eigenvalue weighted by molar-refractivity contribution is -0.137. The third-order valence-corrected chi connectivity index (χ3v) is 5.38. The van der Waals surface area contributed by atoms with Crippen LogP contribution in [0, 0.1) is 0 Å². The number of nitrogens with zero attached hydrogens (tertiary/aromatic N) is 4. The fourth-order valence-corrected chi connectivity index (χ4v) is 3.59. The number of halogens is 4. The topological polar surface area (TPSA) is 42.7 Å². The molecule has 0 atom stereocenters. The number of para-hydroxylation sites is 1. The Morgan fingerprint density at radius 2 is 1.69 bits per heavy atom. The molecule has 4 rings (SSSR count). The zero-order valence-electron chi connectivity index (χ0n) is 17.8. The summed E-state index contributed by atoms with van der Waals surface area (Å²) in [5.41, 5.74) is 1.93. The number of ether oxygens (including phenoxy) is 1. The van der Waals surface area contributed by atoms with Crippen LogP contribution in [-0.2, 0) is 6.18 Å². The molecule has 32 heavy (non-hydrogen) atoms. The monoisotopic (exact) mass is 464 g/mol. The number of rotatable bonds is 7. The normalized spacial score (nSPS) is 11.8. The average Bonchev–Trinajstić information content (AvgIpc) is 3.20. The van der Waals surface area contributed by atoms with E-state index < -0.39 is 11.7 Å². The molecule has 0 amide bonds. The van der Waals surface area contributed by atoms with Gasteiger partial charge in [-0.25, -0.2) is 4.52 Å². The minimum absolute atomic E-state index is 0. The second-order valence-corrected chi connectivity index (χ2v) is 7.18. The van der Waals surface area contributed by atoms with E-state index in [0.717, 1.165) is 42.7 Å². The lowest BCUT2D eigenvalue weighted by atomic mass is 10.1. The Morgan fingerprint density at radius 3 is 2.34 bits per heavy atom. The van der Waals surface area contributed by atoms with Gasteiger partial charge in [0.05, 0.1) is 22.7 Å². The van der Waals surface area contributed by atoms with E-state index >= 15 is 0 Å². The molecular weight excluding hydrogens is 441 g/mol. The van der Waals surface area contributed by atoms with Crippen molar-refractivity contribution >= 4 is 29.0 Å².